The lowest BCUT2D eigenvalue weighted by molar-refractivity contribution is -0.143. The summed E-state index contributed by atoms with van der Waals surface area (Å²) in [5, 5.41) is 6.93. The molecular formula is C28H35ClN4O4. The zero-order chi connectivity index (χ0) is 26.4. The first-order valence-corrected chi connectivity index (χ1v) is 13.1. The molecule has 9 heteroatoms. The number of methoxy groups -OCH3 is 1. The molecule has 0 saturated carbocycles. The zero-order valence-corrected chi connectivity index (χ0v) is 22.5. The average molecular weight is 527 g/mol. The Bertz CT molecular complexity index is 1100. The summed E-state index contributed by atoms with van der Waals surface area (Å²) in [7, 11) is 1.63. The Hall–Kier alpha value is -2.94. The highest BCUT2D eigenvalue weighted by Gasteiger charge is 2.34. The van der Waals surface area contributed by atoms with Crippen molar-refractivity contribution in [3.8, 4) is 5.75 Å². The maximum Gasteiger partial charge on any atom is 0.262 e. The molecule has 0 aromatic heterocycles. The van der Waals surface area contributed by atoms with Gasteiger partial charge in [-0.05, 0) is 47.5 Å². The van der Waals surface area contributed by atoms with Gasteiger partial charge in [0.15, 0.2) is 0 Å². The molecule has 0 spiro atoms. The number of amides is 2. The first kappa shape index (κ1) is 27.1. The lowest BCUT2D eigenvalue weighted by atomic mass is 9.98. The molecule has 0 aliphatic carbocycles. The number of ether oxygens (including phenoxy) is 2. The van der Waals surface area contributed by atoms with Crippen LogP contribution in [0.5, 0.6) is 5.75 Å². The smallest absolute Gasteiger partial charge is 0.262 e. The lowest BCUT2D eigenvalue weighted by Gasteiger charge is -2.31. The summed E-state index contributed by atoms with van der Waals surface area (Å²) in [5.74, 6) is 0.303. The van der Waals surface area contributed by atoms with Crippen LogP contribution in [0.1, 0.15) is 37.4 Å². The molecular weight excluding hydrogens is 492 g/mol. The number of hydrogen-bond acceptors (Lipinski definition) is 6. The molecule has 1 saturated heterocycles. The minimum atomic E-state index is -0.280. The number of rotatable bonds is 9. The highest BCUT2D eigenvalue weighted by atomic mass is 35.5. The number of hydrazone groups is 1. The Morgan fingerprint density at radius 3 is 2.41 bits per heavy atom. The highest BCUT2D eigenvalue weighted by molar-refractivity contribution is 6.30. The van der Waals surface area contributed by atoms with Gasteiger partial charge in [0.25, 0.3) is 5.91 Å². The van der Waals surface area contributed by atoms with Gasteiger partial charge in [-0.3, -0.25) is 14.5 Å². The summed E-state index contributed by atoms with van der Waals surface area (Å²) in [6, 6.07) is 14.9. The Labute approximate surface area is 223 Å². The van der Waals surface area contributed by atoms with Gasteiger partial charge in [0, 0.05) is 43.5 Å². The van der Waals surface area contributed by atoms with E-state index < -0.39 is 0 Å². The van der Waals surface area contributed by atoms with E-state index in [2.05, 4.69) is 4.90 Å². The number of carbonyl (C=O) groups is 2. The third kappa shape index (κ3) is 6.89. The second kappa shape index (κ2) is 12.5. The van der Waals surface area contributed by atoms with Crippen molar-refractivity contribution in [1.82, 2.24) is 14.8 Å². The topological polar surface area (TPSA) is 74.7 Å². The van der Waals surface area contributed by atoms with Crippen LogP contribution < -0.4 is 4.74 Å². The van der Waals surface area contributed by atoms with Crippen molar-refractivity contribution >= 4 is 29.1 Å². The fraction of sp³-hybridized carbons (Fsp3) is 0.464. The molecule has 0 N–H and O–H groups in total. The standard InChI is InChI=1S/C28H35ClN4O4/c1-20(2)28(35)32(13-12-31-14-16-37-17-15-31)19-27(34)33-26(22-4-8-23(29)9-5-22)18-25(30-33)21-6-10-24(36-3)11-7-21/h4-11,20,26H,12-19H2,1-3H3/t26-/m0/s1. The van der Waals surface area contributed by atoms with Crippen LogP contribution in [-0.2, 0) is 14.3 Å². The maximum atomic E-state index is 13.7. The van der Waals surface area contributed by atoms with Gasteiger partial charge in [0.1, 0.15) is 12.3 Å². The number of benzene rings is 2. The number of morpholine rings is 1. The monoisotopic (exact) mass is 526 g/mol. The second-order valence-corrected chi connectivity index (χ2v) is 10.1. The largest absolute Gasteiger partial charge is 0.497 e. The molecule has 37 heavy (non-hydrogen) atoms. The van der Waals surface area contributed by atoms with Crippen LogP contribution in [0.2, 0.25) is 5.02 Å². The van der Waals surface area contributed by atoms with E-state index in [1.54, 1.807) is 12.0 Å². The van der Waals surface area contributed by atoms with Gasteiger partial charge in [0.05, 0.1) is 32.1 Å². The van der Waals surface area contributed by atoms with Gasteiger partial charge < -0.3 is 14.4 Å². The first-order chi connectivity index (χ1) is 17.9. The van der Waals surface area contributed by atoms with Crippen molar-refractivity contribution in [3.63, 3.8) is 0 Å². The van der Waals surface area contributed by atoms with Gasteiger partial charge >= 0.3 is 0 Å². The molecule has 2 aromatic carbocycles. The predicted octanol–water partition coefficient (Wildman–Crippen LogP) is 3.84. The zero-order valence-electron chi connectivity index (χ0n) is 21.7. The summed E-state index contributed by atoms with van der Waals surface area (Å²) in [4.78, 5) is 30.7. The van der Waals surface area contributed by atoms with E-state index in [0.29, 0.717) is 37.7 Å². The maximum absolute atomic E-state index is 13.7. The van der Waals surface area contributed by atoms with Crippen molar-refractivity contribution < 1.29 is 19.1 Å². The molecule has 2 aliphatic heterocycles. The molecule has 1 fully saturated rings. The third-order valence-electron chi connectivity index (χ3n) is 6.77. The lowest BCUT2D eigenvalue weighted by Crippen LogP contribution is -2.47. The van der Waals surface area contributed by atoms with Crippen molar-refractivity contribution in [2.24, 2.45) is 11.0 Å². The van der Waals surface area contributed by atoms with Crippen molar-refractivity contribution in [1.29, 1.82) is 0 Å². The van der Waals surface area contributed by atoms with Gasteiger partial charge in [-0.15, -0.1) is 0 Å². The number of hydrogen-bond donors (Lipinski definition) is 0. The van der Waals surface area contributed by atoms with Crippen LogP contribution in [0.25, 0.3) is 0 Å². The predicted molar refractivity (Wildman–Crippen MR) is 144 cm³/mol. The van der Waals surface area contributed by atoms with E-state index >= 15 is 0 Å². The first-order valence-electron chi connectivity index (χ1n) is 12.7. The average Bonchev–Trinajstić information content (AvgIpc) is 3.37. The van der Waals surface area contributed by atoms with Crippen LogP contribution in [-0.4, -0.2) is 85.4 Å². The van der Waals surface area contributed by atoms with Crippen molar-refractivity contribution in [2.75, 3.05) is 53.0 Å². The minimum absolute atomic E-state index is 0.0230. The van der Waals surface area contributed by atoms with Crippen LogP contribution >= 0.6 is 11.6 Å². The Balaban J connectivity index is 1.56. The van der Waals surface area contributed by atoms with E-state index in [1.165, 1.54) is 5.01 Å². The van der Waals surface area contributed by atoms with E-state index in [1.807, 2.05) is 62.4 Å². The summed E-state index contributed by atoms with van der Waals surface area (Å²) >= 11 is 6.13. The molecule has 0 unspecified atom stereocenters. The van der Waals surface area contributed by atoms with E-state index in [-0.39, 0.29) is 30.3 Å². The number of nitrogens with zero attached hydrogens (tertiary/aromatic N) is 4. The molecule has 198 valence electrons. The van der Waals surface area contributed by atoms with Gasteiger partial charge in [-0.1, -0.05) is 37.6 Å². The minimum Gasteiger partial charge on any atom is -0.497 e. The van der Waals surface area contributed by atoms with Crippen LogP contribution in [0.4, 0.5) is 0 Å². The molecule has 1 atom stereocenters. The van der Waals surface area contributed by atoms with E-state index in [9.17, 15) is 9.59 Å². The molecule has 8 nitrogen and oxygen atoms in total. The molecule has 4 rings (SSSR count). The van der Waals surface area contributed by atoms with Crippen molar-refractivity contribution in [2.45, 2.75) is 26.3 Å². The quantitative estimate of drug-likeness (QED) is 0.496. The SMILES string of the molecule is COc1ccc(C2=NN(C(=O)CN(CCN3CCOCC3)C(=O)C(C)C)[C@H](c3ccc(Cl)cc3)C2)cc1. The summed E-state index contributed by atoms with van der Waals surface area (Å²) < 4.78 is 10.7. The molecule has 2 amide bonds. The Morgan fingerprint density at radius 2 is 1.78 bits per heavy atom. The Morgan fingerprint density at radius 1 is 1.11 bits per heavy atom. The van der Waals surface area contributed by atoms with Crippen LogP contribution in [0.15, 0.2) is 53.6 Å². The summed E-state index contributed by atoms with van der Waals surface area (Å²) in [5.41, 5.74) is 2.68. The molecule has 2 aliphatic rings. The Kier molecular flexibility index (Phi) is 9.18. The molecule has 2 heterocycles. The third-order valence-corrected chi connectivity index (χ3v) is 7.02. The molecule has 2 aromatic rings. The fourth-order valence-electron chi connectivity index (χ4n) is 4.60. The summed E-state index contributed by atoms with van der Waals surface area (Å²) in [6.45, 7) is 7.93. The van der Waals surface area contributed by atoms with E-state index in [0.717, 1.165) is 35.7 Å². The van der Waals surface area contributed by atoms with Gasteiger partial charge in [-0.2, -0.15) is 5.10 Å². The fourth-order valence-corrected chi connectivity index (χ4v) is 4.72. The van der Waals surface area contributed by atoms with Crippen molar-refractivity contribution in [3.05, 3.63) is 64.7 Å². The van der Waals surface area contributed by atoms with Crippen LogP contribution in [0.3, 0.4) is 0 Å². The number of halogens is 1. The van der Waals surface area contributed by atoms with Gasteiger partial charge in [0.2, 0.25) is 5.91 Å². The highest BCUT2D eigenvalue weighted by Crippen LogP contribution is 2.34. The number of carbonyl (C=O) groups excluding carboxylic acids is 2. The van der Waals surface area contributed by atoms with E-state index in [4.69, 9.17) is 26.2 Å². The normalized spacial score (nSPS) is 18.1. The van der Waals surface area contributed by atoms with Crippen LogP contribution in [0, 0.1) is 5.92 Å². The van der Waals surface area contributed by atoms with Gasteiger partial charge in [-0.25, -0.2) is 5.01 Å². The molecule has 0 radical (unpaired) electrons. The summed E-state index contributed by atoms with van der Waals surface area (Å²) in [6.07, 6.45) is 0.561. The second-order valence-electron chi connectivity index (χ2n) is 9.65. The molecule has 0 bridgehead atoms.